The van der Waals surface area contributed by atoms with Crippen LogP contribution in [0.15, 0.2) is 12.4 Å². The second kappa shape index (κ2) is 3.58. The van der Waals surface area contributed by atoms with E-state index in [-0.39, 0.29) is 0 Å². The first-order chi connectivity index (χ1) is 5.65. The largest absolute Gasteiger partial charge is 0.396 e. The molecule has 12 heavy (non-hydrogen) atoms. The second-order valence-corrected chi connectivity index (χ2v) is 3.11. The van der Waals surface area contributed by atoms with Crippen LogP contribution in [-0.2, 0) is 0 Å². The zero-order valence-electron chi connectivity index (χ0n) is 7.86. The fourth-order valence-electron chi connectivity index (χ4n) is 1.30. The van der Waals surface area contributed by atoms with E-state index in [4.69, 9.17) is 5.73 Å². The van der Waals surface area contributed by atoms with Crippen molar-refractivity contribution in [1.29, 1.82) is 0 Å². The highest BCUT2D eigenvalue weighted by atomic mass is 15.4. The Hall–Kier alpha value is -1.03. The van der Waals surface area contributed by atoms with Gasteiger partial charge in [-0.05, 0) is 20.5 Å². The first-order valence-corrected chi connectivity index (χ1v) is 4.11. The monoisotopic (exact) mass is 168 g/mol. The van der Waals surface area contributed by atoms with E-state index in [0.29, 0.717) is 6.17 Å². The molecule has 0 saturated carbocycles. The zero-order valence-corrected chi connectivity index (χ0v) is 7.86. The van der Waals surface area contributed by atoms with E-state index in [1.54, 1.807) is 6.20 Å². The van der Waals surface area contributed by atoms with Crippen LogP contribution in [0.1, 0.15) is 19.5 Å². The smallest absolute Gasteiger partial charge is 0.103 e. The topological polar surface area (TPSA) is 47.1 Å². The Bertz CT molecular complexity index is 241. The number of hydrogen-bond donors (Lipinski definition) is 1. The van der Waals surface area contributed by atoms with Crippen LogP contribution < -0.4 is 5.73 Å². The molecule has 4 nitrogen and oxygen atoms in total. The Balaban J connectivity index is 2.80. The molecule has 0 aliphatic rings. The van der Waals surface area contributed by atoms with Crippen LogP contribution in [0.4, 0.5) is 5.69 Å². The minimum Gasteiger partial charge on any atom is -0.396 e. The minimum absolute atomic E-state index is 0.308. The average molecular weight is 168 g/mol. The van der Waals surface area contributed by atoms with E-state index in [1.165, 1.54) is 0 Å². The van der Waals surface area contributed by atoms with Gasteiger partial charge in [-0.1, -0.05) is 6.92 Å². The number of nitrogens with zero attached hydrogens (tertiary/aromatic N) is 3. The molecule has 0 fully saturated rings. The van der Waals surface area contributed by atoms with Gasteiger partial charge in [0.2, 0.25) is 0 Å². The summed E-state index contributed by atoms with van der Waals surface area (Å²) in [6.45, 7) is 2.13. The van der Waals surface area contributed by atoms with Crippen molar-refractivity contribution in [2.24, 2.45) is 0 Å². The maximum absolute atomic E-state index is 5.57. The van der Waals surface area contributed by atoms with Crippen molar-refractivity contribution in [2.45, 2.75) is 19.5 Å². The lowest BCUT2D eigenvalue weighted by Crippen LogP contribution is -2.25. The van der Waals surface area contributed by atoms with Gasteiger partial charge < -0.3 is 5.73 Å². The van der Waals surface area contributed by atoms with E-state index in [1.807, 2.05) is 25.0 Å². The number of anilines is 1. The lowest BCUT2D eigenvalue weighted by atomic mass is 10.3. The first-order valence-electron chi connectivity index (χ1n) is 4.11. The molecule has 1 heterocycles. The van der Waals surface area contributed by atoms with Crippen molar-refractivity contribution in [3.8, 4) is 0 Å². The summed E-state index contributed by atoms with van der Waals surface area (Å²) in [6.07, 6.45) is 4.86. The lowest BCUT2D eigenvalue weighted by molar-refractivity contribution is 0.193. The van der Waals surface area contributed by atoms with Crippen molar-refractivity contribution in [3.05, 3.63) is 12.4 Å². The van der Waals surface area contributed by atoms with Crippen LogP contribution in [0.25, 0.3) is 0 Å². The molecule has 0 radical (unpaired) electrons. The van der Waals surface area contributed by atoms with Gasteiger partial charge in [0.1, 0.15) is 6.17 Å². The summed E-state index contributed by atoms with van der Waals surface area (Å²) >= 11 is 0. The van der Waals surface area contributed by atoms with Crippen LogP contribution in [-0.4, -0.2) is 28.8 Å². The number of aromatic nitrogens is 2. The van der Waals surface area contributed by atoms with Crippen LogP contribution in [0.3, 0.4) is 0 Å². The molecule has 1 aromatic heterocycles. The molecule has 0 saturated heterocycles. The summed E-state index contributed by atoms with van der Waals surface area (Å²) in [7, 11) is 4.07. The van der Waals surface area contributed by atoms with Crippen molar-refractivity contribution in [3.63, 3.8) is 0 Å². The van der Waals surface area contributed by atoms with Crippen molar-refractivity contribution in [1.82, 2.24) is 14.7 Å². The van der Waals surface area contributed by atoms with Gasteiger partial charge in [0.25, 0.3) is 0 Å². The third kappa shape index (κ3) is 1.76. The molecule has 2 N–H and O–H groups in total. The van der Waals surface area contributed by atoms with E-state index >= 15 is 0 Å². The molecule has 0 bridgehead atoms. The first kappa shape index (κ1) is 9.06. The highest BCUT2D eigenvalue weighted by molar-refractivity contribution is 5.30. The van der Waals surface area contributed by atoms with Gasteiger partial charge in [0.05, 0.1) is 11.9 Å². The Kier molecular flexibility index (Phi) is 2.70. The highest BCUT2D eigenvalue weighted by Crippen LogP contribution is 2.13. The quantitative estimate of drug-likeness (QED) is 0.730. The van der Waals surface area contributed by atoms with Gasteiger partial charge in [-0.2, -0.15) is 5.10 Å². The highest BCUT2D eigenvalue weighted by Gasteiger charge is 2.10. The van der Waals surface area contributed by atoms with E-state index in [0.717, 1.165) is 12.1 Å². The average Bonchev–Trinajstić information content (AvgIpc) is 2.37. The number of hydrogen-bond acceptors (Lipinski definition) is 3. The molecule has 0 aliphatic heterocycles. The maximum atomic E-state index is 5.57. The number of rotatable bonds is 3. The van der Waals surface area contributed by atoms with Crippen LogP contribution in [0.2, 0.25) is 0 Å². The van der Waals surface area contributed by atoms with Gasteiger partial charge in [0, 0.05) is 6.20 Å². The molecule has 0 amide bonds. The fourth-order valence-corrected chi connectivity index (χ4v) is 1.30. The molecule has 1 atom stereocenters. The summed E-state index contributed by atoms with van der Waals surface area (Å²) in [4.78, 5) is 2.12. The van der Waals surface area contributed by atoms with Gasteiger partial charge in [-0.3, -0.25) is 9.58 Å². The second-order valence-electron chi connectivity index (χ2n) is 3.11. The number of nitrogen functional groups attached to an aromatic ring is 1. The van der Waals surface area contributed by atoms with Gasteiger partial charge in [-0.15, -0.1) is 0 Å². The van der Waals surface area contributed by atoms with Crippen molar-refractivity contribution in [2.75, 3.05) is 19.8 Å². The predicted octanol–water partition coefficient (Wildman–Crippen LogP) is 0.936. The molecule has 4 heteroatoms. The summed E-state index contributed by atoms with van der Waals surface area (Å²) in [5, 5.41) is 4.16. The molecule has 0 aliphatic carbocycles. The fraction of sp³-hybridized carbons (Fsp3) is 0.625. The summed E-state index contributed by atoms with van der Waals surface area (Å²) in [5.41, 5.74) is 6.29. The zero-order chi connectivity index (χ0) is 9.14. The van der Waals surface area contributed by atoms with Crippen LogP contribution >= 0.6 is 0 Å². The summed E-state index contributed by atoms with van der Waals surface area (Å²) in [5.74, 6) is 0. The minimum atomic E-state index is 0.308. The normalized spacial score (nSPS) is 13.7. The molecule has 0 spiro atoms. The maximum Gasteiger partial charge on any atom is 0.103 e. The predicted molar refractivity (Wildman–Crippen MR) is 49.7 cm³/mol. The molecular weight excluding hydrogens is 152 g/mol. The Morgan fingerprint density at radius 3 is 2.67 bits per heavy atom. The van der Waals surface area contributed by atoms with Gasteiger partial charge in [-0.25, -0.2) is 0 Å². The molecular formula is C8H16N4. The molecule has 68 valence electrons. The Morgan fingerprint density at radius 1 is 1.67 bits per heavy atom. The third-order valence-electron chi connectivity index (χ3n) is 1.89. The molecule has 1 rings (SSSR count). The molecule has 1 unspecified atom stereocenters. The van der Waals surface area contributed by atoms with E-state index in [9.17, 15) is 0 Å². The van der Waals surface area contributed by atoms with Crippen LogP contribution in [0.5, 0.6) is 0 Å². The third-order valence-corrected chi connectivity index (χ3v) is 1.89. The summed E-state index contributed by atoms with van der Waals surface area (Å²) in [6, 6.07) is 0. The van der Waals surface area contributed by atoms with E-state index in [2.05, 4.69) is 16.9 Å². The van der Waals surface area contributed by atoms with Gasteiger partial charge in [0.15, 0.2) is 0 Å². The van der Waals surface area contributed by atoms with Crippen LogP contribution in [0, 0.1) is 0 Å². The van der Waals surface area contributed by atoms with E-state index < -0.39 is 0 Å². The summed E-state index contributed by atoms with van der Waals surface area (Å²) < 4.78 is 1.88. The molecule has 0 aromatic carbocycles. The Morgan fingerprint density at radius 2 is 2.33 bits per heavy atom. The SMILES string of the molecule is CCC(N(C)C)n1cc(N)cn1. The lowest BCUT2D eigenvalue weighted by Gasteiger charge is -2.22. The molecule has 1 aromatic rings. The van der Waals surface area contributed by atoms with Crippen molar-refractivity contribution >= 4 is 5.69 Å². The van der Waals surface area contributed by atoms with Gasteiger partial charge >= 0.3 is 0 Å². The number of nitrogens with two attached hydrogens (primary N) is 1. The Labute approximate surface area is 73.0 Å². The van der Waals surface area contributed by atoms with Crippen molar-refractivity contribution < 1.29 is 0 Å². The standard InChI is InChI=1S/C8H16N4/c1-4-8(11(2)3)12-6-7(9)5-10-12/h5-6,8H,4,9H2,1-3H3.